The van der Waals surface area contributed by atoms with E-state index < -0.39 is 10.0 Å². The summed E-state index contributed by atoms with van der Waals surface area (Å²) in [5, 5.41) is 3.98. The molecular formula is C11H12FN3O2S. The molecule has 1 N–H and O–H groups in total. The highest BCUT2D eigenvalue weighted by molar-refractivity contribution is 7.89. The third-order valence-corrected chi connectivity index (χ3v) is 3.94. The van der Waals surface area contributed by atoms with E-state index in [0.717, 1.165) is 0 Å². The van der Waals surface area contributed by atoms with Crippen LogP contribution in [-0.2, 0) is 10.0 Å². The van der Waals surface area contributed by atoms with Gasteiger partial charge in [0.05, 0.1) is 11.9 Å². The van der Waals surface area contributed by atoms with Crippen molar-refractivity contribution in [2.75, 3.05) is 7.05 Å². The molecule has 0 radical (unpaired) electrons. The summed E-state index contributed by atoms with van der Waals surface area (Å²) in [5.41, 5.74) is 1.13. The Labute approximate surface area is 104 Å². The van der Waals surface area contributed by atoms with Gasteiger partial charge in [-0.3, -0.25) is 0 Å². The standard InChI is InChI=1S/C11H12FN3O2S/c1-8-7-9(12)3-4-10(8)15-11(5-6-14-15)18(16,17)13-2/h3-7,13H,1-2H3. The summed E-state index contributed by atoms with van der Waals surface area (Å²) in [7, 11) is -2.28. The largest absolute Gasteiger partial charge is 0.257 e. The minimum atomic E-state index is -3.60. The van der Waals surface area contributed by atoms with E-state index in [1.54, 1.807) is 6.92 Å². The van der Waals surface area contributed by atoms with Crippen LogP contribution >= 0.6 is 0 Å². The second-order valence-electron chi connectivity index (χ2n) is 3.72. The monoisotopic (exact) mass is 269 g/mol. The molecule has 0 spiro atoms. The summed E-state index contributed by atoms with van der Waals surface area (Å²) in [5.74, 6) is -0.374. The first kappa shape index (κ1) is 12.7. The van der Waals surface area contributed by atoms with Crippen LogP contribution in [0.15, 0.2) is 35.5 Å². The number of aromatic nitrogens is 2. The predicted molar refractivity (Wildman–Crippen MR) is 64.5 cm³/mol. The Bertz CT molecular complexity index is 679. The van der Waals surface area contributed by atoms with Gasteiger partial charge in [-0.05, 0) is 43.8 Å². The van der Waals surface area contributed by atoms with E-state index in [4.69, 9.17) is 0 Å². The summed E-state index contributed by atoms with van der Waals surface area (Å²) in [4.78, 5) is 0. The Morgan fingerprint density at radius 2 is 2.06 bits per heavy atom. The van der Waals surface area contributed by atoms with E-state index in [-0.39, 0.29) is 10.8 Å². The van der Waals surface area contributed by atoms with Crippen molar-refractivity contribution in [3.63, 3.8) is 0 Å². The number of aryl methyl sites for hydroxylation is 1. The molecule has 0 aliphatic carbocycles. The van der Waals surface area contributed by atoms with Gasteiger partial charge in [0, 0.05) is 0 Å². The highest BCUT2D eigenvalue weighted by Gasteiger charge is 2.19. The van der Waals surface area contributed by atoms with Crippen molar-refractivity contribution >= 4 is 10.0 Å². The van der Waals surface area contributed by atoms with Gasteiger partial charge in [-0.1, -0.05) is 0 Å². The van der Waals surface area contributed by atoms with Gasteiger partial charge in [0.1, 0.15) is 5.82 Å². The maximum absolute atomic E-state index is 13.0. The number of hydrogen-bond donors (Lipinski definition) is 1. The lowest BCUT2D eigenvalue weighted by Gasteiger charge is -2.10. The minimum absolute atomic E-state index is 0.0136. The van der Waals surface area contributed by atoms with Crippen LogP contribution in [0.3, 0.4) is 0 Å². The highest BCUT2D eigenvalue weighted by Crippen LogP contribution is 2.19. The molecule has 18 heavy (non-hydrogen) atoms. The second kappa shape index (κ2) is 4.51. The molecule has 7 heteroatoms. The summed E-state index contributed by atoms with van der Waals surface area (Å²) in [6.07, 6.45) is 1.38. The molecule has 96 valence electrons. The number of sulfonamides is 1. The first-order valence-electron chi connectivity index (χ1n) is 5.20. The fourth-order valence-electron chi connectivity index (χ4n) is 1.64. The topological polar surface area (TPSA) is 64.0 Å². The van der Waals surface area contributed by atoms with Crippen LogP contribution in [0.25, 0.3) is 5.69 Å². The van der Waals surface area contributed by atoms with Gasteiger partial charge in [0.2, 0.25) is 0 Å². The van der Waals surface area contributed by atoms with Crippen LogP contribution in [0.1, 0.15) is 5.56 Å². The Morgan fingerprint density at radius 3 is 2.67 bits per heavy atom. The van der Waals surface area contributed by atoms with Crippen molar-refractivity contribution in [2.45, 2.75) is 11.9 Å². The van der Waals surface area contributed by atoms with Crippen molar-refractivity contribution in [1.82, 2.24) is 14.5 Å². The Balaban J connectivity index is 2.63. The fraction of sp³-hybridized carbons (Fsp3) is 0.182. The normalized spacial score (nSPS) is 11.7. The molecule has 0 atom stereocenters. The Hall–Kier alpha value is -1.73. The number of rotatable bonds is 3. The van der Waals surface area contributed by atoms with Crippen molar-refractivity contribution < 1.29 is 12.8 Å². The zero-order chi connectivity index (χ0) is 13.3. The lowest BCUT2D eigenvalue weighted by molar-refractivity contribution is 0.577. The lowest BCUT2D eigenvalue weighted by Crippen LogP contribution is -2.22. The van der Waals surface area contributed by atoms with Crippen molar-refractivity contribution in [2.24, 2.45) is 0 Å². The summed E-state index contributed by atoms with van der Waals surface area (Å²) >= 11 is 0. The average molecular weight is 269 g/mol. The van der Waals surface area contributed by atoms with Crippen LogP contribution in [0.4, 0.5) is 4.39 Å². The molecule has 0 unspecified atom stereocenters. The first-order chi connectivity index (χ1) is 8.45. The summed E-state index contributed by atoms with van der Waals surface area (Å²) in [6, 6.07) is 5.47. The maximum Gasteiger partial charge on any atom is 0.257 e. The van der Waals surface area contributed by atoms with Crippen LogP contribution in [0, 0.1) is 12.7 Å². The minimum Gasteiger partial charge on any atom is -0.220 e. The number of halogens is 1. The smallest absolute Gasteiger partial charge is 0.220 e. The first-order valence-corrected chi connectivity index (χ1v) is 6.68. The average Bonchev–Trinajstić information content (AvgIpc) is 2.78. The Morgan fingerprint density at radius 1 is 1.33 bits per heavy atom. The van der Waals surface area contributed by atoms with Gasteiger partial charge in [-0.25, -0.2) is 22.2 Å². The van der Waals surface area contributed by atoms with Gasteiger partial charge in [-0.15, -0.1) is 0 Å². The van der Waals surface area contributed by atoms with Crippen LogP contribution in [0.5, 0.6) is 0 Å². The number of nitrogens with zero attached hydrogens (tertiary/aromatic N) is 2. The molecule has 0 saturated heterocycles. The zero-order valence-corrected chi connectivity index (χ0v) is 10.7. The summed E-state index contributed by atoms with van der Waals surface area (Å²) < 4.78 is 40.1. The van der Waals surface area contributed by atoms with E-state index in [0.29, 0.717) is 11.3 Å². The number of benzene rings is 1. The zero-order valence-electron chi connectivity index (χ0n) is 9.88. The highest BCUT2D eigenvalue weighted by atomic mass is 32.2. The third-order valence-electron chi connectivity index (χ3n) is 2.54. The third kappa shape index (κ3) is 2.14. The van der Waals surface area contributed by atoms with Crippen molar-refractivity contribution in [3.8, 4) is 5.69 Å². The van der Waals surface area contributed by atoms with Gasteiger partial charge >= 0.3 is 0 Å². The molecule has 0 amide bonds. The number of nitrogens with one attached hydrogen (secondary N) is 1. The second-order valence-corrected chi connectivity index (χ2v) is 5.55. The fourth-order valence-corrected chi connectivity index (χ4v) is 2.46. The molecule has 0 bridgehead atoms. The summed E-state index contributed by atoms with van der Waals surface area (Å²) in [6.45, 7) is 1.69. The van der Waals surface area contributed by atoms with Crippen molar-refractivity contribution in [3.05, 3.63) is 41.8 Å². The molecule has 0 fully saturated rings. The molecule has 1 aromatic carbocycles. The van der Waals surface area contributed by atoms with Gasteiger partial charge < -0.3 is 0 Å². The van der Waals surface area contributed by atoms with Gasteiger partial charge in [-0.2, -0.15) is 5.10 Å². The molecule has 0 aliphatic heterocycles. The maximum atomic E-state index is 13.0. The molecule has 0 saturated carbocycles. The molecule has 0 aliphatic rings. The van der Waals surface area contributed by atoms with E-state index in [1.165, 1.54) is 42.2 Å². The van der Waals surface area contributed by atoms with Crippen LogP contribution in [-0.4, -0.2) is 25.2 Å². The molecule has 2 rings (SSSR count). The van der Waals surface area contributed by atoms with Crippen LogP contribution in [0.2, 0.25) is 0 Å². The molecule has 5 nitrogen and oxygen atoms in total. The van der Waals surface area contributed by atoms with Crippen molar-refractivity contribution in [1.29, 1.82) is 0 Å². The SMILES string of the molecule is CNS(=O)(=O)c1ccnn1-c1ccc(F)cc1C. The van der Waals surface area contributed by atoms with E-state index in [2.05, 4.69) is 9.82 Å². The van der Waals surface area contributed by atoms with E-state index in [1.807, 2.05) is 0 Å². The molecule has 1 aromatic heterocycles. The van der Waals surface area contributed by atoms with E-state index in [9.17, 15) is 12.8 Å². The molecular weight excluding hydrogens is 257 g/mol. The number of hydrogen-bond acceptors (Lipinski definition) is 3. The van der Waals surface area contributed by atoms with Gasteiger partial charge in [0.15, 0.2) is 5.03 Å². The predicted octanol–water partition coefficient (Wildman–Crippen LogP) is 1.23. The van der Waals surface area contributed by atoms with Gasteiger partial charge in [0.25, 0.3) is 10.0 Å². The Kier molecular flexibility index (Phi) is 3.18. The molecule has 1 heterocycles. The van der Waals surface area contributed by atoms with Crippen LogP contribution < -0.4 is 4.72 Å². The van der Waals surface area contributed by atoms with E-state index >= 15 is 0 Å². The lowest BCUT2D eigenvalue weighted by atomic mass is 10.2. The molecule has 2 aromatic rings. The quantitative estimate of drug-likeness (QED) is 0.911.